The molecule has 0 N–H and O–H groups in total. The van der Waals surface area contributed by atoms with Crippen molar-refractivity contribution in [2.24, 2.45) is 0 Å². The number of methoxy groups -OCH3 is 1. The van der Waals surface area contributed by atoms with Crippen molar-refractivity contribution in [3.05, 3.63) is 28.1 Å². The molecule has 0 unspecified atom stereocenters. The van der Waals surface area contributed by atoms with Crippen LogP contribution in [0.25, 0.3) is 10.1 Å². The highest BCUT2D eigenvalue weighted by Crippen LogP contribution is 2.38. The Morgan fingerprint density at radius 2 is 2.05 bits per heavy atom. The average Bonchev–Trinajstić information content (AvgIpc) is 2.82. The first-order valence-corrected chi connectivity index (χ1v) is 8.39. The van der Waals surface area contributed by atoms with E-state index in [1.54, 1.807) is 7.11 Å². The van der Waals surface area contributed by atoms with Gasteiger partial charge in [0.05, 0.1) is 24.3 Å². The van der Waals surface area contributed by atoms with Crippen LogP contribution in [-0.4, -0.2) is 43.2 Å². The van der Waals surface area contributed by atoms with Gasteiger partial charge in [0.1, 0.15) is 10.6 Å². The van der Waals surface area contributed by atoms with Crippen molar-refractivity contribution in [3.63, 3.8) is 0 Å². The van der Waals surface area contributed by atoms with E-state index >= 15 is 0 Å². The van der Waals surface area contributed by atoms with Crippen molar-refractivity contribution in [1.29, 1.82) is 0 Å². The van der Waals surface area contributed by atoms with E-state index in [1.807, 2.05) is 36.9 Å². The van der Waals surface area contributed by atoms with Gasteiger partial charge in [-0.25, -0.2) is 0 Å². The van der Waals surface area contributed by atoms with Crippen molar-refractivity contribution in [1.82, 2.24) is 4.90 Å². The van der Waals surface area contributed by atoms with Gasteiger partial charge in [0.15, 0.2) is 0 Å². The first-order chi connectivity index (χ1) is 10.5. The minimum Gasteiger partial charge on any atom is -0.497 e. The number of rotatable bonds is 2. The van der Waals surface area contributed by atoms with Crippen LogP contribution in [0.15, 0.2) is 18.2 Å². The summed E-state index contributed by atoms with van der Waals surface area (Å²) < 4.78 is 11.9. The summed E-state index contributed by atoms with van der Waals surface area (Å²) in [7, 11) is 1.62. The minimum atomic E-state index is -0.0211. The number of halogens is 1. The maximum atomic E-state index is 12.8. The molecule has 1 aliphatic rings. The van der Waals surface area contributed by atoms with E-state index in [1.165, 1.54) is 11.3 Å². The highest BCUT2D eigenvalue weighted by atomic mass is 35.5. The largest absolute Gasteiger partial charge is 0.497 e. The number of hydrogen-bond donors (Lipinski definition) is 0. The fourth-order valence-corrected chi connectivity index (χ4v) is 4.31. The molecular formula is C16H18ClNO3S. The molecule has 1 saturated heterocycles. The zero-order chi connectivity index (χ0) is 15.9. The third-order valence-corrected chi connectivity index (χ3v) is 5.38. The molecular weight excluding hydrogens is 322 g/mol. The number of morpholine rings is 1. The second kappa shape index (κ2) is 6.07. The zero-order valence-corrected chi connectivity index (χ0v) is 14.3. The highest BCUT2D eigenvalue weighted by molar-refractivity contribution is 7.21. The fourth-order valence-electron chi connectivity index (χ4n) is 2.80. The van der Waals surface area contributed by atoms with Gasteiger partial charge in [-0.2, -0.15) is 0 Å². The molecule has 22 heavy (non-hydrogen) atoms. The molecule has 2 aromatic rings. The summed E-state index contributed by atoms with van der Waals surface area (Å²) in [6.07, 6.45) is 0.0851. The number of fused-ring (bicyclic) bond motifs is 1. The molecule has 1 aromatic carbocycles. The van der Waals surface area contributed by atoms with E-state index in [4.69, 9.17) is 21.1 Å². The van der Waals surface area contributed by atoms with E-state index in [9.17, 15) is 4.79 Å². The van der Waals surface area contributed by atoms with Crippen molar-refractivity contribution in [2.45, 2.75) is 26.1 Å². The maximum Gasteiger partial charge on any atom is 0.265 e. The van der Waals surface area contributed by atoms with Gasteiger partial charge >= 0.3 is 0 Å². The Bertz CT molecular complexity index is 705. The molecule has 2 heterocycles. The van der Waals surface area contributed by atoms with Crippen LogP contribution in [0.2, 0.25) is 5.02 Å². The molecule has 0 aliphatic carbocycles. The summed E-state index contributed by atoms with van der Waals surface area (Å²) in [5.41, 5.74) is 0. The van der Waals surface area contributed by atoms with Crippen LogP contribution < -0.4 is 4.74 Å². The Labute approximate surface area is 138 Å². The van der Waals surface area contributed by atoms with Crippen molar-refractivity contribution in [3.8, 4) is 5.75 Å². The fraction of sp³-hybridized carbons (Fsp3) is 0.438. The molecule has 0 radical (unpaired) electrons. The zero-order valence-electron chi connectivity index (χ0n) is 12.8. The Hall–Kier alpha value is -1.30. The lowest BCUT2D eigenvalue weighted by molar-refractivity contribution is -0.0584. The number of ether oxygens (including phenoxy) is 2. The lowest BCUT2D eigenvalue weighted by Gasteiger charge is -2.35. The maximum absolute atomic E-state index is 12.8. The smallest absolute Gasteiger partial charge is 0.265 e. The molecule has 0 spiro atoms. The van der Waals surface area contributed by atoms with Gasteiger partial charge in [-0.1, -0.05) is 11.6 Å². The topological polar surface area (TPSA) is 38.8 Å². The number of amides is 1. The second-order valence-corrected chi connectivity index (χ2v) is 7.00. The molecule has 1 aliphatic heterocycles. The predicted octanol–water partition coefficient (Wildman–Crippen LogP) is 3.81. The van der Waals surface area contributed by atoms with Crippen LogP contribution in [-0.2, 0) is 4.74 Å². The summed E-state index contributed by atoms with van der Waals surface area (Å²) in [5, 5.41) is 1.42. The molecule has 4 nitrogen and oxygen atoms in total. The monoisotopic (exact) mass is 339 g/mol. The minimum absolute atomic E-state index is 0.0211. The van der Waals surface area contributed by atoms with Crippen LogP contribution in [0.3, 0.4) is 0 Å². The summed E-state index contributed by atoms with van der Waals surface area (Å²) in [5.74, 6) is 0.741. The van der Waals surface area contributed by atoms with Gasteiger partial charge in [-0.05, 0) is 32.0 Å². The molecule has 1 amide bonds. The van der Waals surface area contributed by atoms with Crippen molar-refractivity contribution < 1.29 is 14.3 Å². The van der Waals surface area contributed by atoms with Gasteiger partial charge in [-0.15, -0.1) is 11.3 Å². The van der Waals surface area contributed by atoms with Crippen molar-refractivity contribution >= 4 is 38.9 Å². The lowest BCUT2D eigenvalue weighted by atomic mass is 10.2. The van der Waals surface area contributed by atoms with Crippen LogP contribution in [0.5, 0.6) is 5.75 Å². The number of carbonyl (C=O) groups is 1. The lowest BCUT2D eigenvalue weighted by Crippen LogP contribution is -2.48. The van der Waals surface area contributed by atoms with E-state index in [-0.39, 0.29) is 18.1 Å². The molecule has 118 valence electrons. The van der Waals surface area contributed by atoms with E-state index in [0.717, 1.165) is 15.8 Å². The Kier molecular flexibility index (Phi) is 4.30. The molecule has 6 heteroatoms. The summed E-state index contributed by atoms with van der Waals surface area (Å²) in [6.45, 7) is 5.15. The SMILES string of the molecule is COc1ccc2c(Cl)c(C(=O)N3C[C@@H](C)O[C@@H](C)C3)sc2c1. The van der Waals surface area contributed by atoms with E-state index in [0.29, 0.717) is 23.0 Å². The molecule has 0 bridgehead atoms. The molecule has 1 aromatic heterocycles. The van der Waals surface area contributed by atoms with Crippen LogP contribution in [0.4, 0.5) is 0 Å². The van der Waals surface area contributed by atoms with E-state index in [2.05, 4.69) is 0 Å². The average molecular weight is 340 g/mol. The molecule has 0 saturated carbocycles. The highest BCUT2D eigenvalue weighted by Gasteiger charge is 2.29. The molecule has 3 rings (SSSR count). The first-order valence-electron chi connectivity index (χ1n) is 7.20. The van der Waals surface area contributed by atoms with Gasteiger partial charge in [0.2, 0.25) is 0 Å². The molecule has 2 atom stereocenters. The van der Waals surface area contributed by atoms with Crippen LogP contribution in [0, 0.1) is 0 Å². The van der Waals surface area contributed by atoms with Crippen LogP contribution in [0.1, 0.15) is 23.5 Å². The van der Waals surface area contributed by atoms with Crippen molar-refractivity contribution in [2.75, 3.05) is 20.2 Å². The summed E-state index contributed by atoms with van der Waals surface area (Å²) in [6, 6.07) is 5.66. The number of thiophene rings is 1. The van der Waals surface area contributed by atoms with E-state index < -0.39 is 0 Å². The number of carbonyl (C=O) groups excluding carboxylic acids is 1. The number of nitrogens with zero attached hydrogens (tertiary/aromatic N) is 1. The number of hydrogen-bond acceptors (Lipinski definition) is 4. The van der Waals surface area contributed by atoms with Gasteiger partial charge in [0, 0.05) is 23.2 Å². The Balaban J connectivity index is 1.95. The van der Waals surface area contributed by atoms with Crippen LogP contribution >= 0.6 is 22.9 Å². The molecule has 1 fully saturated rings. The third kappa shape index (κ3) is 2.81. The third-order valence-electron chi connectivity index (χ3n) is 3.74. The summed E-state index contributed by atoms with van der Waals surface area (Å²) in [4.78, 5) is 15.2. The van der Waals surface area contributed by atoms with Gasteiger partial charge < -0.3 is 14.4 Å². The standard InChI is InChI=1S/C16H18ClNO3S/c1-9-7-18(8-10(2)21-9)16(19)15-14(17)12-5-4-11(20-3)6-13(12)22-15/h4-6,9-10H,7-8H2,1-3H3/t9-,10+. The first kappa shape index (κ1) is 15.6. The number of benzene rings is 1. The summed E-state index contributed by atoms with van der Waals surface area (Å²) >= 11 is 7.84. The predicted molar refractivity (Wildman–Crippen MR) is 89.3 cm³/mol. The normalized spacial score (nSPS) is 22.1. The van der Waals surface area contributed by atoms with Gasteiger partial charge in [0.25, 0.3) is 5.91 Å². The Morgan fingerprint density at radius 3 is 2.68 bits per heavy atom. The van der Waals surface area contributed by atoms with Gasteiger partial charge in [-0.3, -0.25) is 4.79 Å². The quantitative estimate of drug-likeness (QED) is 0.835. The second-order valence-electron chi connectivity index (χ2n) is 5.57. The Morgan fingerprint density at radius 1 is 1.36 bits per heavy atom.